The van der Waals surface area contributed by atoms with E-state index in [1.807, 2.05) is 6.08 Å². The summed E-state index contributed by atoms with van der Waals surface area (Å²) < 4.78 is 46.0. The first-order valence-electron chi connectivity index (χ1n) is 4.45. The summed E-state index contributed by atoms with van der Waals surface area (Å²) in [5.74, 6) is -4.20. The fourth-order valence-corrected chi connectivity index (χ4v) is 1.32. The summed E-state index contributed by atoms with van der Waals surface area (Å²) in [6.45, 7) is 2.65. The van der Waals surface area contributed by atoms with Crippen molar-refractivity contribution in [1.29, 1.82) is 0 Å². The normalized spacial score (nSPS) is 29.1. The number of aliphatic hydroxyl groups is 1. The number of halogens is 3. The van der Waals surface area contributed by atoms with Crippen molar-refractivity contribution in [3.05, 3.63) is 12.7 Å². The Hall–Kier alpha value is -0.457. The van der Waals surface area contributed by atoms with Gasteiger partial charge in [0, 0.05) is 32.3 Å². The van der Waals surface area contributed by atoms with Crippen LogP contribution in [0.15, 0.2) is 6.58 Å². The quantitative estimate of drug-likeness (QED) is 0.351. The maximum Gasteiger partial charge on any atom is 0.443 e. The number of rotatable bonds is 2. The molecule has 0 saturated carbocycles. The summed E-state index contributed by atoms with van der Waals surface area (Å²) in [6.07, 6.45) is -4.86. The molecule has 8 heteroatoms. The van der Waals surface area contributed by atoms with Crippen molar-refractivity contribution < 1.29 is 52.0 Å². The molecular weight excluding hydrogens is 332 g/mol. The third-order valence-electron chi connectivity index (χ3n) is 2.15. The van der Waals surface area contributed by atoms with Gasteiger partial charge in [-0.1, -0.05) is 0 Å². The number of carbonyl (C=O) groups is 1. The Kier molecular flexibility index (Phi) is 5.77. The minimum Gasteiger partial charge on any atom is -0.486 e. The number of ether oxygens (including phenoxy) is 2. The average Bonchev–Trinajstić information content (AvgIpc) is 2.16. The van der Waals surface area contributed by atoms with Crippen molar-refractivity contribution in [1.82, 2.24) is 0 Å². The van der Waals surface area contributed by atoms with Crippen molar-refractivity contribution >= 4 is 5.97 Å². The smallest absolute Gasteiger partial charge is 0.443 e. The number of esters is 1. The third-order valence-corrected chi connectivity index (χ3v) is 2.15. The second-order valence-electron chi connectivity index (χ2n) is 3.33. The molecule has 17 heavy (non-hydrogen) atoms. The van der Waals surface area contributed by atoms with Crippen LogP contribution in [0.25, 0.3) is 0 Å². The van der Waals surface area contributed by atoms with E-state index in [2.05, 4.69) is 16.1 Å². The van der Waals surface area contributed by atoms with Crippen molar-refractivity contribution in [2.75, 3.05) is 6.61 Å². The zero-order valence-corrected chi connectivity index (χ0v) is 10.2. The van der Waals surface area contributed by atoms with Crippen LogP contribution in [0.4, 0.5) is 13.2 Å². The minimum absolute atomic E-state index is 0. The van der Waals surface area contributed by atoms with Crippen LogP contribution in [0.3, 0.4) is 0 Å². The fourth-order valence-electron chi connectivity index (χ4n) is 1.32. The van der Waals surface area contributed by atoms with Crippen LogP contribution in [0.5, 0.6) is 0 Å². The van der Waals surface area contributed by atoms with Gasteiger partial charge in [-0.25, -0.2) is 0 Å². The zero-order chi connectivity index (χ0) is 12.4. The molecule has 0 aliphatic carbocycles. The molecule has 0 aromatic heterocycles. The number of hydrogen-bond donors (Lipinski definition) is 1. The molecule has 4 nitrogen and oxygen atoms in total. The SMILES string of the molecule is C=[C-]C(=O)OC1CCOC(O)(C(F)(F)F)C1.[Rh]. The molecule has 1 heterocycles. The Morgan fingerprint density at radius 2 is 2.18 bits per heavy atom. The first-order chi connectivity index (χ1) is 7.28. The molecule has 0 spiro atoms. The predicted molar refractivity (Wildman–Crippen MR) is 44.9 cm³/mol. The van der Waals surface area contributed by atoms with Crippen LogP contribution >= 0.6 is 0 Å². The van der Waals surface area contributed by atoms with Crippen LogP contribution in [0.2, 0.25) is 0 Å². The predicted octanol–water partition coefficient (Wildman–Crippen LogP) is 0.946. The van der Waals surface area contributed by atoms with Crippen LogP contribution in [-0.2, 0) is 33.7 Å². The Morgan fingerprint density at radius 1 is 1.59 bits per heavy atom. The molecule has 2 unspecified atom stereocenters. The third kappa shape index (κ3) is 4.05. The fraction of sp³-hybridized carbons (Fsp3) is 0.667. The molecule has 1 N–H and O–H groups in total. The van der Waals surface area contributed by atoms with Crippen LogP contribution < -0.4 is 0 Å². The molecule has 1 radical (unpaired) electrons. The van der Waals surface area contributed by atoms with Gasteiger partial charge < -0.3 is 20.7 Å². The van der Waals surface area contributed by atoms with Gasteiger partial charge in [0.1, 0.15) is 12.1 Å². The van der Waals surface area contributed by atoms with Crippen molar-refractivity contribution in [2.24, 2.45) is 0 Å². The van der Waals surface area contributed by atoms with Crippen LogP contribution in [0.1, 0.15) is 12.8 Å². The maximum atomic E-state index is 12.4. The van der Waals surface area contributed by atoms with Gasteiger partial charge >= 0.3 is 6.18 Å². The average molecular weight is 342 g/mol. The Bertz CT molecular complexity index is 294. The molecule has 0 bridgehead atoms. The van der Waals surface area contributed by atoms with Gasteiger partial charge in [-0.3, -0.25) is 11.4 Å². The van der Waals surface area contributed by atoms with Crippen molar-refractivity contribution in [2.45, 2.75) is 30.9 Å². The van der Waals surface area contributed by atoms with Gasteiger partial charge in [0.05, 0.1) is 6.61 Å². The maximum absolute atomic E-state index is 12.4. The second-order valence-corrected chi connectivity index (χ2v) is 3.33. The van der Waals surface area contributed by atoms with E-state index in [4.69, 9.17) is 0 Å². The summed E-state index contributed by atoms with van der Waals surface area (Å²) in [5, 5.41) is 9.19. The molecule has 2 atom stereocenters. The molecule has 0 amide bonds. The van der Waals surface area contributed by atoms with Gasteiger partial charge in [-0.05, 0) is 0 Å². The molecule has 101 valence electrons. The molecule has 1 aliphatic rings. The Morgan fingerprint density at radius 3 is 2.65 bits per heavy atom. The largest absolute Gasteiger partial charge is 0.486 e. The monoisotopic (exact) mass is 342 g/mol. The van der Waals surface area contributed by atoms with Crippen molar-refractivity contribution in [3.8, 4) is 0 Å². The van der Waals surface area contributed by atoms with E-state index >= 15 is 0 Å². The number of alkyl halides is 3. The first-order valence-corrected chi connectivity index (χ1v) is 4.45. The molecule has 1 rings (SSSR count). The Labute approximate surface area is 109 Å². The van der Waals surface area contributed by atoms with E-state index in [0.717, 1.165) is 0 Å². The standard InChI is InChI=1S/C9H10F3O4.Rh/c1-2-7(13)16-6-3-4-15-8(14,5-6)9(10,11)12;/h6,14H,1,3-5H2;/q-1;. The van der Waals surface area contributed by atoms with Gasteiger partial charge in [0.15, 0.2) is 0 Å². The molecule has 1 fully saturated rings. The van der Waals surface area contributed by atoms with E-state index < -0.39 is 30.5 Å². The zero-order valence-electron chi connectivity index (χ0n) is 8.54. The number of carbonyl (C=O) groups excluding carboxylic acids is 1. The number of hydrogen-bond acceptors (Lipinski definition) is 4. The summed E-state index contributed by atoms with van der Waals surface area (Å²) in [6, 6.07) is 0. The van der Waals surface area contributed by atoms with E-state index in [1.165, 1.54) is 0 Å². The van der Waals surface area contributed by atoms with E-state index in [1.54, 1.807) is 0 Å². The molecule has 1 saturated heterocycles. The van der Waals surface area contributed by atoms with E-state index in [0.29, 0.717) is 0 Å². The second kappa shape index (κ2) is 5.93. The van der Waals surface area contributed by atoms with Crippen molar-refractivity contribution in [3.63, 3.8) is 0 Å². The minimum atomic E-state index is -4.92. The van der Waals surface area contributed by atoms with E-state index in [-0.39, 0.29) is 32.5 Å². The topological polar surface area (TPSA) is 55.8 Å². The molecule has 0 aromatic carbocycles. The van der Waals surface area contributed by atoms with Crippen LogP contribution in [0, 0.1) is 6.08 Å². The summed E-state index contributed by atoms with van der Waals surface area (Å²) >= 11 is 0. The molecular formula is C9H10F3O4Rh-. The van der Waals surface area contributed by atoms with E-state index in [9.17, 15) is 23.1 Å². The van der Waals surface area contributed by atoms with Gasteiger partial charge in [-0.15, -0.1) is 0 Å². The summed E-state index contributed by atoms with van der Waals surface area (Å²) in [4.78, 5) is 10.7. The van der Waals surface area contributed by atoms with Crippen LogP contribution in [-0.4, -0.2) is 35.8 Å². The molecule has 1 aliphatic heterocycles. The first kappa shape index (κ1) is 16.5. The van der Waals surface area contributed by atoms with Gasteiger partial charge in [0.25, 0.3) is 5.79 Å². The summed E-state index contributed by atoms with van der Waals surface area (Å²) in [7, 11) is 0. The van der Waals surface area contributed by atoms with Gasteiger partial charge in [0.2, 0.25) is 0 Å². The molecule has 0 aromatic rings. The van der Waals surface area contributed by atoms with Gasteiger partial charge in [-0.2, -0.15) is 13.2 Å². The summed E-state index contributed by atoms with van der Waals surface area (Å²) in [5.41, 5.74) is 0. The Balaban J connectivity index is 0.00000256.